The van der Waals surface area contributed by atoms with Crippen LogP contribution in [0.15, 0.2) is 23.5 Å². The Hall–Kier alpha value is -0.880. The van der Waals surface area contributed by atoms with Crippen molar-refractivity contribution < 1.29 is 20.1 Å². The molecule has 0 saturated heterocycles. The average molecular weight is 311 g/mol. The molecule has 0 bridgehead atoms. The van der Waals surface area contributed by atoms with Crippen LogP contribution in [0, 0.1) is 5.92 Å². The predicted octanol–water partition coefficient (Wildman–Crippen LogP) is 1.05. The lowest BCUT2D eigenvalue weighted by Crippen LogP contribution is -2.49. The van der Waals surface area contributed by atoms with E-state index in [1.165, 1.54) is 7.11 Å². The van der Waals surface area contributed by atoms with E-state index in [1.807, 2.05) is 19.0 Å². The molecule has 0 radical (unpaired) electrons. The van der Waals surface area contributed by atoms with Crippen molar-refractivity contribution in [2.75, 3.05) is 27.7 Å². The Balaban J connectivity index is 2.32. The van der Waals surface area contributed by atoms with Gasteiger partial charge in [0.1, 0.15) is 18.0 Å². The van der Waals surface area contributed by atoms with E-state index in [0.717, 1.165) is 32.1 Å². The van der Waals surface area contributed by atoms with Crippen LogP contribution in [0.2, 0.25) is 0 Å². The molecule has 1 fully saturated rings. The number of nitrogens with zero attached hydrogens (tertiary/aromatic N) is 1. The lowest BCUT2D eigenvalue weighted by atomic mass is 9.70. The first-order chi connectivity index (χ1) is 10.4. The Bertz CT molecular complexity index is 438. The summed E-state index contributed by atoms with van der Waals surface area (Å²) in [6, 6.07) is 0. The predicted molar refractivity (Wildman–Crippen MR) is 85.3 cm³/mol. The average Bonchev–Trinajstić information content (AvgIpc) is 2.48. The highest BCUT2D eigenvalue weighted by Gasteiger charge is 2.44. The molecule has 0 aliphatic heterocycles. The molecule has 2 rings (SSSR count). The van der Waals surface area contributed by atoms with Crippen molar-refractivity contribution >= 4 is 0 Å². The molecule has 3 unspecified atom stereocenters. The summed E-state index contributed by atoms with van der Waals surface area (Å²) in [5.74, 6) is 0.164. The van der Waals surface area contributed by atoms with Crippen molar-refractivity contribution in [3.8, 4) is 0 Å². The Labute approximate surface area is 132 Å². The Morgan fingerprint density at radius 1 is 1.18 bits per heavy atom. The molecule has 0 aromatic rings. The summed E-state index contributed by atoms with van der Waals surface area (Å²) < 4.78 is 5.09. The summed E-state index contributed by atoms with van der Waals surface area (Å²) in [4.78, 5) is 2.02. The van der Waals surface area contributed by atoms with E-state index in [1.54, 1.807) is 12.2 Å². The van der Waals surface area contributed by atoms with Gasteiger partial charge in [-0.2, -0.15) is 0 Å². The molecular formula is C17H29NO4. The molecule has 0 aromatic heterocycles. The molecule has 22 heavy (non-hydrogen) atoms. The van der Waals surface area contributed by atoms with E-state index in [4.69, 9.17) is 4.74 Å². The van der Waals surface area contributed by atoms with Crippen LogP contribution >= 0.6 is 0 Å². The maximum absolute atomic E-state index is 11.1. The van der Waals surface area contributed by atoms with Gasteiger partial charge in [0, 0.05) is 12.5 Å². The zero-order valence-corrected chi connectivity index (χ0v) is 13.8. The summed E-state index contributed by atoms with van der Waals surface area (Å²) in [5.41, 5.74) is -0.112. The van der Waals surface area contributed by atoms with Crippen LogP contribution in [0.1, 0.15) is 32.1 Å². The van der Waals surface area contributed by atoms with Crippen molar-refractivity contribution in [2.45, 2.75) is 49.9 Å². The summed E-state index contributed by atoms with van der Waals surface area (Å²) in [7, 11) is 5.40. The first kappa shape index (κ1) is 17.5. The summed E-state index contributed by atoms with van der Waals surface area (Å²) >= 11 is 0. The molecule has 5 heteroatoms. The fraction of sp³-hybridized carbons (Fsp3) is 0.765. The molecule has 126 valence electrons. The lowest BCUT2D eigenvalue weighted by Gasteiger charge is -2.43. The molecule has 5 nitrogen and oxygen atoms in total. The van der Waals surface area contributed by atoms with Crippen LogP contribution < -0.4 is 0 Å². The normalized spacial score (nSPS) is 29.8. The number of allylic oxidation sites excluding steroid dienone is 2. The second-order valence-electron chi connectivity index (χ2n) is 6.81. The number of aliphatic hydroxyl groups is 3. The topological polar surface area (TPSA) is 73.2 Å². The number of hydrogen-bond acceptors (Lipinski definition) is 5. The van der Waals surface area contributed by atoms with E-state index in [9.17, 15) is 15.3 Å². The largest absolute Gasteiger partial charge is 0.498 e. The van der Waals surface area contributed by atoms with E-state index in [2.05, 4.69) is 0 Å². The van der Waals surface area contributed by atoms with Crippen molar-refractivity contribution in [1.29, 1.82) is 0 Å². The molecule has 0 heterocycles. The Morgan fingerprint density at radius 2 is 1.82 bits per heavy atom. The molecule has 2 aliphatic rings. The van der Waals surface area contributed by atoms with Gasteiger partial charge >= 0.3 is 0 Å². The smallest absolute Gasteiger partial charge is 0.141 e. The minimum atomic E-state index is -1.07. The van der Waals surface area contributed by atoms with Gasteiger partial charge in [-0.3, -0.25) is 0 Å². The van der Waals surface area contributed by atoms with Crippen LogP contribution in [0.4, 0.5) is 0 Å². The fourth-order valence-electron chi connectivity index (χ4n) is 3.69. The second-order valence-corrected chi connectivity index (χ2v) is 6.81. The van der Waals surface area contributed by atoms with Gasteiger partial charge in [-0.1, -0.05) is 25.3 Å². The van der Waals surface area contributed by atoms with Crippen molar-refractivity contribution in [1.82, 2.24) is 4.90 Å². The van der Waals surface area contributed by atoms with Gasteiger partial charge in [0.15, 0.2) is 0 Å². The Morgan fingerprint density at radius 3 is 2.36 bits per heavy atom. The van der Waals surface area contributed by atoms with Gasteiger partial charge in [-0.15, -0.1) is 0 Å². The first-order valence-electron chi connectivity index (χ1n) is 8.08. The maximum atomic E-state index is 11.1. The quantitative estimate of drug-likeness (QED) is 0.708. The first-order valence-corrected chi connectivity index (χ1v) is 8.08. The minimum absolute atomic E-state index is 0.192. The van der Waals surface area contributed by atoms with Crippen LogP contribution in [-0.4, -0.2) is 65.8 Å². The standard InChI is InChI=1S/C17H29NO4/c1-18(2)11-13(17(21)9-5-4-6-10-17)12-7-8-14(22-3)16(20)15(12)19/h7-8,13,15-16,19-21H,4-6,9-11H2,1-3H3. The fourth-order valence-corrected chi connectivity index (χ4v) is 3.69. The molecule has 0 spiro atoms. The molecular weight excluding hydrogens is 282 g/mol. The molecule has 1 saturated carbocycles. The van der Waals surface area contributed by atoms with Crippen LogP contribution in [0.3, 0.4) is 0 Å². The summed E-state index contributed by atoms with van der Waals surface area (Å²) in [5, 5.41) is 31.8. The molecule has 0 aromatic carbocycles. The van der Waals surface area contributed by atoms with E-state index in [-0.39, 0.29) is 5.92 Å². The molecule has 2 aliphatic carbocycles. The maximum Gasteiger partial charge on any atom is 0.141 e. The van der Waals surface area contributed by atoms with Crippen LogP contribution in [-0.2, 0) is 4.74 Å². The summed E-state index contributed by atoms with van der Waals surface area (Å²) in [6.45, 7) is 0.641. The third kappa shape index (κ3) is 3.54. The number of rotatable bonds is 5. The van der Waals surface area contributed by atoms with Gasteiger partial charge in [0.2, 0.25) is 0 Å². The van der Waals surface area contributed by atoms with Crippen LogP contribution in [0.25, 0.3) is 0 Å². The van der Waals surface area contributed by atoms with Crippen LogP contribution in [0.5, 0.6) is 0 Å². The molecule has 3 atom stereocenters. The number of ether oxygens (including phenoxy) is 1. The summed E-state index contributed by atoms with van der Waals surface area (Å²) in [6.07, 6.45) is 6.04. The second kappa shape index (κ2) is 7.13. The highest BCUT2D eigenvalue weighted by atomic mass is 16.5. The zero-order valence-electron chi connectivity index (χ0n) is 13.8. The molecule has 3 N–H and O–H groups in total. The highest BCUT2D eigenvalue weighted by molar-refractivity contribution is 5.32. The number of methoxy groups -OCH3 is 1. The number of hydrogen-bond donors (Lipinski definition) is 3. The van der Waals surface area contributed by atoms with Gasteiger partial charge in [-0.25, -0.2) is 0 Å². The molecule has 0 amide bonds. The lowest BCUT2D eigenvalue weighted by molar-refractivity contribution is -0.0578. The third-order valence-electron chi connectivity index (χ3n) is 4.93. The highest BCUT2D eigenvalue weighted by Crippen LogP contribution is 2.41. The van der Waals surface area contributed by atoms with Crippen molar-refractivity contribution in [2.24, 2.45) is 5.92 Å². The van der Waals surface area contributed by atoms with E-state index in [0.29, 0.717) is 17.9 Å². The third-order valence-corrected chi connectivity index (χ3v) is 4.93. The number of aliphatic hydroxyl groups excluding tert-OH is 2. The van der Waals surface area contributed by atoms with Crippen molar-refractivity contribution in [3.05, 3.63) is 23.5 Å². The van der Waals surface area contributed by atoms with E-state index < -0.39 is 17.8 Å². The van der Waals surface area contributed by atoms with Gasteiger partial charge in [-0.05, 0) is 38.6 Å². The van der Waals surface area contributed by atoms with Crippen molar-refractivity contribution in [3.63, 3.8) is 0 Å². The Kier molecular flexibility index (Phi) is 5.66. The van der Waals surface area contributed by atoms with Gasteiger partial charge < -0.3 is 25.0 Å². The van der Waals surface area contributed by atoms with Gasteiger partial charge in [0.05, 0.1) is 12.7 Å². The van der Waals surface area contributed by atoms with Gasteiger partial charge in [0.25, 0.3) is 0 Å². The van der Waals surface area contributed by atoms with E-state index >= 15 is 0 Å². The monoisotopic (exact) mass is 311 g/mol. The minimum Gasteiger partial charge on any atom is -0.498 e. The zero-order chi connectivity index (χ0) is 16.3. The SMILES string of the molecule is COC1=CC=C(C(CN(C)C)C2(O)CCCCC2)C(O)C1O.